The summed E-state index contributed by atoms with van der Waals surface area (Å²) in [6.45, 7) is 12.9. The fraction of sp³-hybridized carbons (Fsp3) is 0.882. The van der Waals surface area contributed by atoms with E-state index < -0.39 is 11.2 Å². The maximum absolute atomic E-state index is 12.2. The monoisotopic (exact) mass is 439 g/mol. The Morgan fingerprint density at radius 1 is 1.17 bits per heavy atom. The highest BCUT2D eigenvalue weighted by Crippen LogP contribution is 2.32. The van der Waals surface area contributed by atoms with Crippen molar-refractivity contribution in [2.24, 2.45) is 5.92 Å². The number of hydrogen-bond donors (Lipinski definition) is 0. The van der Waals surface area contributed by atoms with Gasteiger partial charge >= 0.3 is 12.1 Å². The number of halogens is 1. The Kier molecular flexibility index (Phi) is 7.16. The summed E-state index contributed by atoms with van der Waals surface area (Å²) < 4.78 is 11.0. The van der Waals surface area contributed by atoms with Crippen LogP contribution in [0.25, 0.3) is 0 Å². The highest BCUT2D eigenvalue weighted by atomic mass is 127. The van der Waals surface area contributed by atoms with E-state index in [0.717, 1.165) is 19.3 Å². The van der Waals surface area contributed by atoms with Gasteiger partial charge in [-0.05, 0) is 53.9 Å². The van der Waals surface area contributed by atoms with Crippen molar-refractivity contribution in [2.45, 2.75) is 75.9 Å². The predicted molar refractivity (Wildman–Crippen MR) is 98.8 cm³/mol. The van der Waals surface area contributed by atoms with Crippen molar-refractivity contribution >= 4 is 34.7 Å². The standard InChI is InChI=1S/C17H30INO4/c1-7-16(3,4)23-15(21)19-10-8-13(9-11-19)17(5,6)22-14(20)12(2)18/h12-13H,7-11H2,1-6H3. The third-order valence-electron chi connectivity index (χ3n) is 4.64. The predicted octanol–water partition coefficient (Wildman–Crippen LogP) is 4.17. The third-order valence-corrected chi connectivity index (χ3v) is 5.15. The van der Waals surface area contributed by atoms with Crippen LogP contribution in [-0.2, 0) is 14.3 Å². The first kappa shape index (κ1) is 20.5. The molecule has 1 heterocycles. The molecule has 1 aliphatic rings. The van der Waals surface area contributed by atoms with Gasteiger partial charge in [-0.15, -0.1) is 0 Å². The topological polar surface area (TPSA) is 55.8 Å². The van der Waals surface area contributed by atoms with E-state index in [-0.39, 0.29) is 21.9 Å². The van der Waals surface area contributed by atoms with Gasteiger partial charge < -0.3 is 14.4 Å². The Balaban J connectivity index is 2.54. The molecule has 23 heavy (non-hydrogen) atoms. The number of rotatable bonds is 5. The zero-order valence-corrected chi connectivity index (χ0v) is 17.3. The van der Waals surface area contributed by atoms with Crippen LogP contribution in [0.1, 0.15) is 60.8 Å². The number of amides is 1. The average molecular weight is 439 g/mol. The van der Waals surface area contributed by atoms with Crippen LogP contribution in [0.3, 0.4) is 0 Å². The molecule has 0 N–H and O–H groups in total. The van der Waals surface area contributed by atoms with E-state index in [1.807, 2.05) is 41.5 Å². The molecule has 0 bridgehead atoms. The van der Waals surface area contributed by atoms with Crippen molar-refractivity contribution in [3.8, 4) is 0 Å². The minimum Gasteiger partial charge on any atom is -0.459 e. The first-order chi connectivity index (χ1) is 10.5. The summed E-state index contributed by atoms with van der Waals surface area (Å²) in [4.78, 5) is 25.8. The summed E-state index contributed by atoms with van der Waals surface area (Å²) in [5, 5.41) is 0. The smallest absolute Gasteiger partial charge is 0.410 e. The Morgan fingerprint density at radius 2 is 1.70 bits per heavy atom. The van der Waals surface area contributed by atoms with Crippen LogP contribution in [0, 0.1) is 5.92 Å². The van der Waals surface area contributed by atoms with Gasteiger partial charge in [0.1, 0.15) is 15.1 Å². The van der Waals surface area contributed by atoms with Crippen LogP contribution in [0.5, 0.6) is 0 Å². The van der Waals surface area contributed by atoms with Gasteiger partial charge in [-0.25, -0.2) is 4.79 Å². The Hall–Kier alpha value is -0.530. The van der Waals surface area contributed by atoms with Gasteiger partial charge in [0.15, 0.2) is 0 Å². The van der Waals surface area contributed by atoms with Crippen LogP contribution in [0.4, 0.5) is 4.79 Å². The molecule has 1 atom stereocenters. The summed E-state index contributed by atoms with van der Waals surface area (Å²) in [6, 6.07) is 0. The summed E-state index contributed by atoms with van der Waals surface area (Å²) in [7, 11) is 0. The maximum Gasteiger partial charge on any atom is 0.410 e. The molecule has 0 aromatic rings. The molecule has 0 radical (unpaired) electrons. The summed E-state index contributed by atoms with van der Waals surface area (Å²) in [5.41, 5.74) is -0.936. The van der Waals surface area contributed by atoms with E-state index in [2.05, 4.69) is 22.6 Å². The van der Waals surface area contributed by atoms with Crippen molar-refractivity contribution < 1.29 is 19.1 Å². The summed E-state index contributed by atoms with van der Waals surface area (Å²) in [5.74, 6) is 0.0759. The molecule has 1 rings (SSSR count). The lowest BCUT2D eigenvalue weighted by molar-refractivity contribution is -0.162. The van der Waals surface area contributed by atoms with Gasteiger partial charge in [0.25, 0.3) is 0 Å². The minimum absolute atomic E-state index is 0.154. The highest BCUT2D eigenvalue weighted by Gasteiger charge is 2.38. The van der Waals surface area contributed by atoms with Crippen molar-refractivity contribution in [2.75, 3.05) is 13.1 Å². The summed E-state index contributed by atoms with van der Waals surface area (Å²) in [6.07, 6.45) is 2.17. The van der Waals surface area contributed by atoms with Crippen LogP contribution < -0.4 is 0 Å². The van der Waals surface area contributed by atoms with Gasteiger partial charge in [-0.3, -0.25) is 4.79 Å². The fourth-order valence-electron chi connectivity index (χ4n) is 2.55. The van der Waals surface area contributed by atoms with Crippen LogP contribution >= 0.6 is 22.6 Å². The molecule has 1 saturated heterocycles. The number of carbonyl (C=O) groups is 2. The molecule has 0 saturated carbocycles. The molecule has 134 valence electrons. The van der Waals surface area contributed by atoms with E-state index in [1.54, 1.807) is 4.90 Å². The van der Waals surface area contributed by atoms with E-state index in [4.69, 9.17) is 9.47 Å². The lowest BCUT2D eigenvalue weighted by atomic mass is 9.83. The van der Waals surface area contributed by atoms with E-state index in [9.17, 15) is 9.59 Å². The second-order valence-electron chi connectivity index (χ2n) is 7.38. The maximum atomic E-state index is 12.2. The van der Waals surface area contributed by atoms with Crippen LogP contribution in [0.15, 0.2) is 0 Å². The first-order valence-electron chi connectivity index (χ1n) is 8.33. The van der Waals surface area contributed by atoms with Crippen LogP contribution in [0.2, 0.25) is 0 Å². The molecule has 1 amide bonds. The molecule has 1 fully saturated rings. The second kappa shape index (κ2) is 8.03. The number of likely N-dealkylation sites (tertiary alicyclic amines) is 1. The lowest BCUT2D eigenvalue weighted by Crippen LogP contribution is -2.47. The Bertz CT molecular complexity index is 426. The van der Waals surface area contributed by atoms with Gasteiger partial charge in [0.2, 0.25) is 0 Å². The molecule has 0 aliphatic carbocycles. The quantitative estimate of drug-likeness (QED) is 0.367. The van der Waals surface area contributed by atoms with Crippen molar-refractivity contribution in [1.29, 1.82) is 0 Å². The molecule has 5 nitrogen and oxygen atoms in total. The van der Waals surface area contributed by atoms with Crippen molar-refractivity contribution in [3.63, 3.8) is 0 Å². The van der Waals surface area contributed by atoms with Crippen LogP contribution in [-0.4, -0.2) is 45.2 Å². The minimum atomic E-state index is -0.505. The molecular weight excluding hydrogens is 409 g/mol. The average Bonchev–Trinajstić information content (AvgIpc) is 2.46. The zero-order valence-electron chi connectivity index (χ0n) is 15.1. The summed E-state index contributed by atoms with van der Waals surface area (Å²) >= 11 is 2.06. The number of alkyl halides is 1. The number of esters is 1. The number of piperidine rings is 1. The zero-order chi connectivity index (χ0) is 17.8. The highest BCUT2D eigenvalue weighted by molar-refractivity contribution is 14.1. The number of carbonyl (C=O) groups excluding carboxylic acids is 2. The van der Waals surface area contributed by atoms with Gasteiger partial charge in [0, 0.05) is 19.0 Å². The Morgan fingerprint density at radius 3 is 2.13 bits per heavy atom. The van der Waals surface area contributed by atoms with Crippen molar-refractivity contribution in [1.82, 2.24) is 4.90 Å². The second-order valence-corrected chi connectivity index (χ2v) is 9.25. The van der Waals surface area contributed by atoms with Gasteiger partial charge in [-0.1, -0.05) is 29.5 Å². The van der Waals surface area contributed by atoms with E-state index >= 15 is 0 Å². The van der Waals surface area contributed by atoms with Crippen molar-refractivity contribution in [3.05, 3.63) is 0 Å². The van der Waals surface area contributed by atoms with E-state index in [1.165, 1.54) is 0 Å². The molecule has 6 heteroatoms. The molecular formula is C17H30INO4. The molecule has 1 aliphatic heterocycles. The lowest BCUT2D eigenvalue weighted by Gasteiger charge is -2.40. The number of ether oxygens (including phenoxy) is 2. The molecule has 1 unspecified atom stereocenters. The fourth-order valence-corrected chi connectivity index (χ4v) is 2.68. The molecule has 0 spiro atoms. The van der Waals surface area contributed by atoms with E-state index in [0.29, 0.717) is 13.1 Å². The number of nitrogens with zero attached hydrogens (tertiary/aromatic N) is 1. The SMILES string of the molecule is CCC(C)(C)OC(=O)N1CCC(C(C)(C)OC(=O)C(C)I)CC1. The molecule has 0 aromatic heterocycles. The first-order valence-corrected chi connectivity index (χ1v) is 9.58. The van der Waals surface area contributed by atoms with Gasteiger partial charge in [0.05, 0.1) is 0 Å². The Labute approximate surface area is 153 Å². The van der Waals surface area contributed by atoms with Gasteiger partial charge in [-0.2, -0.15) is 0 Å². The molecule has 0 aromatic carbocycles. The normalized spacial score (nSPS) is 18.5. The number of hydrogen-bond acceptors (Lipinski definition) is 4. The largest absolute Gasteiger partial charge is 0.459 e. The third kappa shape index (κ3) is 6.12.